The maximum Gasteiger partial charge on any atom is 0.416 e. The molecule has 0 fully saturated rings. The van der Waals surface area contributed by atoms with Gasteiger partial charge in [0.25, 0.3) is 17.7 Å². The molecule has 32 heteroatoms. The summed E-state index contributed by atoms with van der Waals surface area (Å²) >= 11 is 43.8. The topological polar surface area (TPSA) is 309 Å². The molecule has 9 aromatic carbocycles. The molecule has 0 aliphatic carbocycles. The molecule has 0 spiro atoms. The van der Waals surface area contributed by atoms with Gasteiger partial charge >= 0.3 is 24.1 Å². The van der Waals surface area contributed by atoms with Crippen LogP contribution in [0.1, 0.15) is 111 Å². The predicted octanol–water partition coefficient (Wildman–Crippen LogP) is 22.1. The largest absolute Gasteiger partial charge is 0.497 e. The van der Waals surface area contributed by atoms with Crippen LogP contribution in [0.4, 0.5) is 13.2 Å². The fourth-order valence-corrected chi connectivity index (χ4v) is 15.3. The fourth-order valence-electron chi connectivity index (χ4n) is 13.6. The highest BCUT2D eigenvalue weighted by molar-refractivity contribution is 6.36. The Hall–Kier alpha value is -12.3. The van der Waals surface area contributed by atoms with Crippen molar-refractivity contribution in [1.82, 2.24) is 60.2 Å². The van der Waals surface area contributed by atoms with Crippen LogP contribution >= 0.6 is 81.2 Å². The minimum atomic E-state index is -4.48. The Morgan fingerprint density at radius 2 is 0.702 bits per heavy atom. The molecule has 9 N–H and O–H groups in total. The van der Waals surface area contributed by atoms with Gasteiger partial charge < -0.3 is 51.0 Å². The minimum absolute atomic E-state index is 0.00816. The first-order valence-electron chi connectivity index (χ1n) is 37.4. The first-order valence-corrected chi connectivity index (χ1v) is 40.1. The van der Waals surface area contributed by atoms with E-state index in [1.165, 1.54) is 6.07 Å². The maximum absolute atomic E-state index is 13.3. The molecule has 0 aliphatic heterocycles. The van der Waals surface area contributed by atoms with Crippen molar-refractivity contribution in [2.24, 2.45) is 0 Å². The van der Waals surface area contributed by atoms with Crippen LogP contribution in [0.15, 0.2) is 218 Å². The lowest BCUT2D eigenvalue weighted by Gasteiger charge is -2.16. The molecule has 15 rings (SSSR count). The van der Waals surface area contributed by atoms with Crippen LogP contribution < -0.4 is 20.7 Å². The minimum Gasteiger partial charge on any atom is -0.497 e. The summed E-state index contributed by atoms with van der Waals surface area (Å²) in [5, 5.41) is 55.0. The van der Waals surface area contributed by atoms with Gasteiger partial charge in [0.15, 0.2) is 0 Å². The zero-order valence-corrected chi connectivity index (χ0v) is 69.7. The number of carbonyl (C=O) groups is 6. The summed E-state index contributed by atoms with van der Waals surface area (Å²) in [6.07, 6.45) is -4.94. The van der Waals surface area contributed by atoms with Gasteiger partial charge in [0.05, 0.1) is 101 Å². The van der Waals surface area contributed by atoms with Crippen molar-refractivity contribution in [3.8, 4) is 73.7 Å². The first kappa shape index (κ1) is 86.5. The van der Waals surface area contributed by atoms with Gasteiger partial charge in [-0.25, -0.2) is 0 Å². The van der Waals surface area contributed by atoms with Crippen molar-refractivity contribution in [1.29, 1.82) is 0 Å². The summed E-state index contributed by atoms with van der Waals surface area (Å²) in [6.45, 7) is 6.09. The van der Waals surface area contributed by atoms with Crippen LogP contribution in [0.3, 0.4) is 0 Å². The second kappa shape index (κ2) is 37.5. The molecule has 0 bridgehead atoms. The molecule has 6 heterocycles. The monoisotopic (exact) mass is 1770 g/mol. The number of hydrogen-bond donors (Lipinski definition) is 9. The predicted molar refractivity (Wildman–Crippen MR) is 466 cm³/mol. The van der Waals surface area contributed by atoms with Gasteiger partial charge in [-0.2, -0.15) is 28.5 Å². The molecule has 22 nitrogen and oxygen atoms in total. The number of aromatic nitrogens is 9. The van der Waals surface area contributed by atoms with Crippen molar-refractivity contribution in [3.05, 3.63) is 292 Å². The quantitative estimate of drug-likeness (QED) is 0.0257. The van der Waals surface area contributed by atoms with Crippen molar-refractivity contribution < 1.29 is 62.0 Å². The highest BCUT2D eigenvalue weighted by atomic mass is 35.5. The van der Waals surface area contributed by atoms with E-state index < -0.39 is 35.6 Å². The SMILES string of the molecule is CC(c1ccc(C(=O)NCCC(=O)O)cc1)n1nc(-c2cc(Cl)cc(Cl)c2)cc1-c1cc2ccc(C(F)(F)F)cc2[nH]1.CC(c1ccc(C(=O)NCCC(=O)O)cc1)n1nc(-c2cc(Cl)cc(Cl)c2)cc1-c1cc2ccc(Cl)cc2[nH]1.COc1ccc2[nH]c(-c3cc(-c4cc(Cl)cc(Cl)c4)nn3C(C)c3ccc(C(=O)NCCC(=O)O)cc3)cc2c1. The van der Waals surface area contributed by atoms with E-state index in [2.05, 4.69) is 37.0 Å². The zero-order valence-electron chi connectivity index (χ0n) is 64.4. The lowest BCUT2D eigenvalue weighted by molar-refractivity contribution is -0.138. The Kier molecular flexibility index (Phi) is 26.8. The van der Waals surface area contributed by atoms with Gasteiger partial charge in [-0.15, -0.1) is 0 Å². The molecule has 121 heavy (non-hydrogen) atoms. The smallest absolute Gasteiger partial charge is 0.416 e. The molecule has 15 aromatic rings. The normalized spacial score (nSPS) is 12.1. The summed E-state index contributed by atoms with van der Waals surface area (Å²) in [7, 11) is 1.64. The van der Waals surface area contributed by atoms with Gasteiger partial charge in [0.2, 0.25) is 0 Å². The summed E-state index contributed by atoms with van der Waals surface area (Å²) in [5.74, 6) is -3.22. The molecule has 0 radical (unpaired) electrons. The Morgan fingerprint density at radius 3 is 1.03 bits per heavy atom. The van der Waals surface area contributed by atoms with E-state index in [4.69, 9.17) is 117 Å². The van der Waals surface area contributed by atoms with Gasteiger partial charge in [-0.1, -0.05) is 130 Å². The van der Waals surface area contributed by atoms with E-state index in [0.29, 0.717) is 96.8 Å². The standard InChI is InChI=1S/C30H23Cl2F3N4O3.C30H26Cl2N4O4.C29H23Cl3N4O3/c1-16(17-2-4-18(5-3-17)29(42)36-9-8-28(40)41)39-27(15-25(38-39)20-10-22(31)14-23(32)11-20)26-12-19-6-7-21(30(33,34)35)13-24(19)37-26;1-17(18-3-5-19(6-4-18)30(39)33-10-9-29(37)38)36-28(16-26(35-36)20-11-22(31)15-23(32)12-20)27-14-21-13-24(40-2)7-8-25(21)34-27;1-16(17-2-4-18(5-3-17)29(39)33-9-8-28(37)38)36-27(26-12-19-6-7-21(30)14-24(19)34-26)15-25(35-36)20-10-22(31)13-23(32)11-20/h2-7,10-16,37H,8-9H2,1H3,(H,36,42)(H,40,41);3-8,11-17,34H,9-10H2,1-2H3,(H,33,39)(H,37,38);2-7,10-16,34H,8-9H2,1H3,(H,33,39)(H,37,38). The van der Waals surface area contributed by atoms with E-state index >= 15 is 0 Å². The molecule has 0 saturated heterocycles. The highest BCUT2D eigenvalue weighted by Crippen LogP contribution is 2.41. The number of alkyl halides is 3. The van der Waals surface area contributed by atoms with E-state index in [-0.39, 0.29) is 68.8 Å². The van der Waals surface area contributed by atoms with Gasteiger partial charge in [0, 0.05) is 121 Å². The second-order valence-electron chi connectivity index (χ2n) is 28.2. The number of aromatic amines is 3. The lowest BCUT2D eigenvalue weighted by Crippen LogP contribution is -2.26. The van der Waals surface area contributed by atoms with Crippen molar-refractivity contribution in [2.75, 3.05) is 26.7 Å². The zero-order chi connectivity index (χ0) is 86.3. The summed E-state index contributed by atoms with van der Waals surface area (Å²) in [6, 6.07) is 62.7. The number of rotatable bonds is 25. The van der Waals surface area contributed by atoms with Gasteiger partial charge in [0.1, 0.15) is 5.75 Å². The lowest BCUT2D eigenvalue weighted by atomic mass is 10.1. The number of ether oxygens (including phenoxy) is 1. The number of carboxylic acid groups (broad SMARTS) is 3. The van der Waals surface area contributed by atoms with Crippen molar-refractivity contribution in [2.45, 2.75) is 64.3 Å². The number of H-pyrrole nitrogens is 3. The summed E-state index contributed by atoms with van der Waals surface area (Å²) in [4.78, 5) is 79.4. The van der Waals surface area contributed by atoms with Crippen LogP contribution in [-0.4, -0.2) is 122 Å². The molecule has 3 amide bonds. The fraction of sp³-hybridized carbons (Fsp3) is 0.157. The summed E-state index contributed by atoms with van der Waals surface area (Å²) < 4.78 is 51.0. The molecule has 0 aliphatic rings. The molecule has 6 aromatic heterocycles. The van der Waals surface area contributed by atoms with Gasteiger partial charge in [-0.05, 0) is 207 Å². The molecular formula is C89H72Cl7F3N12O10. The Morgan fingerprint density at radius 1 is 0.380 bits per heavy atom. The Bertz CT molecular complexity index is 6360. The number of halogens is 10. The Balaban J connectivity index is 0.000000157. The Labute approximate surface area is 724 Å². The third-order valence-electron chi connectivity index (χ3n) is 19.8. The number of amides is 3. The summed E-state index contributed by atoms with van der Waals surface area (Å²) in [5.41, 5.74) is 14.1. The average molecular weight is 1770 g/mol. The van der Waals surface area contributed by atoms with E-state index in [0.717, 1.165) is 90.3 Å². The third kappa shape index (κ3) is 21.1. The number of methoxy groups -OCH3 is 1. The molecule has 618 valence electrons. The number of fused-ring (bicyclic) bond motifs is 3. The highest BCUT2D eigenvalue weighted by Gasteiger charge is 2.32. The van der Waals surface area contributed by atoms with Crippen LogP contribution in [-0.2, 0) is 20.6 Å². The number of nitrogens with zero attached hydrogens (tertiary/aromatic N) is 6. The molecule has 3 unspecified atom stereocenters. The van der Waals surface area contributed by atoms with Crippen LogP contribution in [0, 0.1) is 0 Å². The van der Waals surface area contributed by atoms with Crippen LogP contribution in [0.5, 0.6) is 5.75 Å². The third-order valence-corrected chi connectivity index (χ3v) is 21.4. The molecular weight excluding hydrogens is 1700 g/mol. The molecule has 3 atom stereocenters. The first-order chi connectivity index (χ1) is 57.8. The number of carboxylic acids is 3. The number of aliphatic carboxylic acids is 3. The van der Waals surface area contributed by atoms with Gasteiger partial charge in [-0.3, -0.25) is 42.8 Å². The van der Waals surface area contributed by atoms with E-state index in [1.54, 1.807) is 103 Å². The number of nitrogens with one attached hydrogen (secondary N) is 6. The van der Waals surface area contributed by atoms with Crippen molar-refractivity contribution >= 4 is 150 Å². The maximum atomic E-state index is 13.3. The van der Waals surface area contributed by atoms with Crippen molar-refractivity contribution in [3.63, 3.8) is 0 Å². The van der Waals surface area contributed by atoms with E-state index in [9.17, 15) is 41.9 Å². The van der Waals surface area contributed by atoms with Crippen LogP contribution in [0.25, 0.3) is 101 Å². The number of carbonyl (C=O) groups excluding carboxylic acids is 3. The average Bonchev–Trinajstić information content (AvgIpc) is 1.63. The van der Waals surface area contributed by atoms with Crippen LogP contribution in [0.2, 0.25) is 35.2 Å². The van der Waals surface area contributed by atoms with E-state index in [1.807, 2.05) is 133 Å². The number of hydrogen-bond acceptors (Lipinski definition) is 10. The second-order valence-corrected chi connectivity index (χ2v) is 31.2. The molecule has 0 saturated carbocycles. The number of benzene rings is 9.